The van der Waals surface area contributed by atoms with Crippen molar-refractivity contribution in [1.82, 2.24) is 4.98 Å². The van der Waals surface area contributed by atoms with E-state index in [9.17, 15) is 0 Å². The van der Waals surface area contributed by atoms with Crippen molar-refractivity contribution >= 4 is 11.5 Å². The first kappa shape index (κ1) is 12.2. The number of aliphatic hydroxyl groups is 1. The molecule has 94 valence electrons. The molecule has 0 saturated carbocycles. The van der Waals surface area contributed by atoms with Gasteiger partial charge >= 0.3 is 0 Å². The molecule has 0 amide bonds. The lowest BCUT2D eigenvalue weighted by atomic mass is 10.1. The third-order valence-corrected chi connectivity index (χ3v) is 3.21. The van der Waals surface area contributed by atoms with Gasteiger partial charge < -0.3 is 15.3 Å². The van der Waals surface area contributed by atoms with Crippen LogP contribution in [-0.2, 0) is 0 Å². The highest BCUT2D eigenvalue weighted by atomic mass is 16.3. The quantitative estimate of drug-likeness (QED) is 0.816. The zero-order chi connectivity index (χ0) is 12.1. The van der Waals surface area contributed by atoms with Gasteiger partial charge in [0.05, 0.1) is 0 Å². The van der Waals surface area contributed by atoms with Crippen molar-refractivity contribution in [2.24, 2.45) is 5.92 Å². The number of rotatable bonds is 5. The number of anilines is 2. The minimum atomic E-state index is 0.294. The Kier molecular flexibility index (Phi) is 4.20. The van der Waals surface area contributed by atoms with Crippen molar-refractivity contribution in [2.75, 3.05) is 36.5 Å². The first-order chi connectivity index (χ1) is 8.33. The van der Waals surface area contributed by atoms with Crippen LogP contribution in [0.15, 0.2) is 18.3 Å². The molecule has 17 heavy (non-hydrogen) atoms. The lowest BCUT2D eigenvalue weighted by molar-refractivity contribution is 0.238. The molecule has 1 unspecified atom stereocenters. The topological polar surface area (TPSA) is 48.4 Å². The second-order valence-corrected chi connectivity index (χ2v) is 4.61. The van der Waals surface area contributed by atoms with Gasteiger partial charge in [-0.1, -0.05) is 6.92 Å². The molecule has 1 aliphatic rings. The summed E-state index contributed by atoms with van der Waals surface area (Å²) in [5.74, 6) is 1.37. The van der Waals surface area contributed by atoms with Gasteiger partial charge in [-0.3, -0.25) is 0 Å². The third-order valence-electron chi connectivity index (χ3n) is 3.21. The molecule has 1 aromatic rings. The van der Waals surface area contributed by atoms with Gasteiger partial charge in [0.25, 0.3) is 0 Å². The Hall–Kier alpha value is -1.29. The van der Waals surface area contributed by atoms with Crippen molar-refractivity contribution in [3.05, 3.63) is 18.3 Å². The molecule has 0 aliphatic carbocycles. The van der Waals surface area contributed by atoms with E-state index in [4.69, 9.17) is 5.11 Å². The summed E-state index contributed by atoms with van der Waals surface area (Å²) in [6.07, 6.45) is 4.03. The summed E-state index contributed by atoms with van der Waals surface area (Å²) in [6, 6.07) is 4.13. The lowest BCUT2D eigenvalue weighted by Gasteiger charge is -2.19. The number of pyridine rings is 1. The smallest absolute Gasteiger partial charge is 0.127 e. The summed E-state index contributed by atoms with van der Waals surface area (Å²) in [5, 5.41) is 12.4. The molecule has 2 heterocycles. The van der Waals surface area contributed by atoms with Crippen LogP contribution in [0.1, 0.15) is 19.8 Å². The van der Waals surface area contributed by atoms with E-state index in [1.54, 1.807) is 0 Å². The molecule has 0 radical (unpaired) electrons. The second kappa shape index (κ2) is 5.87. The lowest BCUT2D eigenvalue weighted by Crippen LogP contribution is -2.20. The maximum absolute atomic E-state index is 9.15. The monoisotopic (exact) mass is 235 g/mol. The maximum Gasteiger partial charge on any atom is 0.127 e. The molecule has 4 nitrogen and oxygen atoms in total. The van der Waals surface area contributed by atoms with Crippen LogP contribution in [0, 0.1) is 5.92 Å². The second-order valence-electron chi connectivity index (χ2n) is 4.61. The molecule has 1 aromatic heterocycles. The Morgan fingerprint density at radius 2 is 2.47 bits per heavy atom. The Labute approximate surface area is 103 Å². The fourth-order valence-electron chi connectivity index (χ4n) is 2.18. The summed E-state index contributed by atoms with van der Waals surface area (Å²) < 4.78 is 0. The van der Waals surface area contributed by atoms with Crippen LogP contribution in [0.2, 0.25) is 0 Å². The SMILES string of the molecule is CCCNc1cc(N2CCC(CO)C2)ccn1. The van der Waals surface area contributed by atoms with Gasteiger partial charge in [0.2, 0.25) is 0 Å². The van der Waals surface area contributed by atoms with Crippen molar-refractivity contribution < 1.29 is 5.11 Å². The van der Waals surface area contributed by atoms with Gasteiger partial charge in [-0.25, -0.2) is 4.98 Å². The first-order valence-electron chi connectivity index (χ1n) is 6.39. The zero-order valence-electron chi connectivity index (χ0n) is 10.4. The number of aliphatic hydroxyl groups excluding tert-OH is 1. The minimum Gasteiger partial charge on any atom is -0.396 e. The third kappa shape index (κ3) is 3.09. The number of hydrogen-bond acceptors (Lipinski definition) is 4. The molecule has 1 fully saturated rings. The maximum atomic E-state index is 9.15. The molecule has 4 heteroatoms. The van der Waals surface area contributed by atoms with Gasteiger partial charge in [-0.05, 0) is 18.9 Å². The molecule has 1 aliphatic heterocycles. The number of nitrogens with one attached hydrogen (secondary N) is 1. The largest absolute Gasteiger partial charge is 0.396 e. The Balaban J connectivity index is 2.01. The molecule has 0 aromatic carbocycles. The Morgan fingerprint density at radius 3 is 3.18 bits per heavy atom. The van der Waals surface area contributed by atoms with Gasteiger partial charge in [-0.2, -0.15) is 0 Å². The molecule has 2 N–H and O–H groups in total. The minimum absolute atomic E-state index is 0.294. The highest BCUT2D eigenvalue weighted by Gasteiger charge is 2.21. The molecule has 0 bridgehead atoms. The van der Waals surface area contributed by atoms with Crippen LogP contribution in [0.25, 0.3) is 0 Å². The van der Waals surface area contributed by atoms with Crippen LogP contribution in [-0.4, -0.2) is 36.3 Å². The summed E-state index contributed by atoms with van der Waals surface area (Å²) in [5.41, 5.74) is 1.20. The zero-order valence-corrected chi connectivity index (χ0v) is 10.4. The van der Waals surface area contributed by atoms with Crippen molar-refractivity contribution in [3.63, 3.8) is 0 Å². The Bertz CT molecular complexity index is 356. The van der Waals surface area contributed by atoms with Gasteiger partial charge in [0.1, 0.15) is 5.82 Å². The van der Waals surface area contributed by atoms with E-state index in [0.717, 1.165) is 38.3 Å². The number of nitrogens with zero attached hydrogens (tertiary/aromatic N) is 2. The van der Waals surface area contributed by atoms with E-state index in [0.29, 0.717) is 12.5 Å². The molecule has 1 saturated heterocycles. The van der Waals surface area contributed by atoms with Gasteiger partial charge in [0, 0.05) is 50.1 Å². The predicted molar refractivity (Wildman–Crippen MR) is 70.4 cm³/mol. The molecule has 1 atom stereocenters. The van der Waals surface area contributed by atoms with Crippen LogP contribution in [0.3, 0.4) is 0 Å². The average Bonchev–Trinajstić information content (AvgIpc) is 2.85. The van der Waals surface area contributed by atoms with Crippen LogP contribution in [0.4, 0.5) is 11.5 Å². The van der Waals surface area contributed by atoms with E-state index in [1.807, 2.05) is 12.3 Å². The highest BCUT2D eigenvalue weighted by Crippen LogP contribution is 2.24. The van der Waals surface area contributed by atoms with E-state index in [1.165, 1.54) is 5.69 Å². The first-order valence-corrected chi connectivity index (χ1v) is 6.39. The van der Waals surface area contributed by atoms with Crippen molar-refractivity contribution in [2.45, 2.75) is 19.8 Å². The Morgan fingerprint density at radius 1 is 1.59 bits per heavy atom. The van der Waals surface area contributed by atoms with Gasteiger partial charge in [-0.15, -0.1) is 0 Å². The summed E-state index contributed by atoms with van der Waals surface area (Å²) in [7, 11) is 0. The van der Waals surface area contributed by atoms with Crippen molar-refractivity contribution in [3.8, 4) is 0 Å². The fourth-order valence-corrected chi connectivity index (χ4v) is 2.18. The average molecular weight is 235 g/mol. The van der Waals surface area contributed by atoms with Crippen LogP contribution >= 0.6 is 0 Å². The molecular formula is C13H21N3O. The summed E-state index contributed by atoms with van der Waals surface area (Å²) in [4.78, 5) is 6.62. The number of aromatic nitrogens is 1. The van der Waals surface area contributed by atoms with Gasteiger partial charge in [0.15, 0.2) is 0 Å². The van der Waals surface area contributed by atoms with E-state index < -0.39 is 0 Å². The molecule has 2 rings (SSSR count). The van der Waals surface area contributed by atoms with Crippen molar-refractivity contribution in [1.29, 1.82) is 0 Å². The molecular weight excluding hydrogens is 214 g/mol. The highest BCUT2D eigenvalue weighted by molar-refractivity contribution is 5.54. The van der Waals surface area contributed by atoms with E-state index in [2.05, 4.69) is 28.2 Å². The number of hydrogen-bond donors (Lipinski definition) is 2. The standard InChI is InChI=1S/C13H21N3O/c1-2-5-14-13-8-12(3-6-15-13)16-7-4-11(9-16)10-17/h3,6,8,11,17H,2,4-5,7,9-10H2,1H3,(H,14,15). The fraction of sp³-hybridized carbons (Fsp3) is 0.615. The normalized spacial score (nSPS) is 19.6. The van der Waals surface area contributed by atoms with E-state index in [-0.39, 0.29) is 0 Å². The van der Waals surface area contributed by atoms with Crippen LogP contribution in [0.5, 0.6) is 0 Å². The molecule has 0 spiro atoms. The predicted octanol–water partition coefficient (Wildman–Crippen LogP) is 1.72. The summed E-state index contributed by atoms with van der Waals surface area (Å²) >= 11 is 0. The summed E-state index contributed by atoms with van der Waals surface area (Å²) in [6.45, 7) is 5.37. The van der Waals surface area contributed by atoms with E-state index >= 15 is 0 Å². The van der Waals surface area contributed by atoms with Crippen LogP contribution < -0.4 is 10.2 Å².